The zero-order valence-electron chi connectivity index (χ0n) is 7.83. The molecular formula is C9H8Cl2O3S. The average molecular weight is 267 g/mol. The van der Waals surface area contributed by atoms with Crippen LogP contribution in [0.3, 0.4) is 0 Å². The van der Waals surface area contributed by atoms with E-state index >= 15 is 0 Å². The van der Waals surface area contributed by atoms with Crippen molar-refractivity contribution in [2.24, 2.45) is 0 Å². The van der Waals surface area contributed by atoms with Gasteiger partial charge in [0.1, 0.15) is 5.75 Å². The maximum Gasteiger partial charge on any atom is 0.179 e. The van der Waals surface area contributed by atoms with Crippen LogP contribution in [0.4, 0.5) is 0 Å². The molecule has 1 aromatic carbocycles. The molecular weight excluding hydrogens is 259 g/mol. The van der Waals surface area contributed by atoms with Gasteiger partial charge in [0.25, 0.3) is 0 Å². The number of hydrogen-bond acceptors (Lipinski definition) is 3. The van der Waals surface area contributed by atoms with E-state index in [4.69, 9.17) is 23.2 Å². The standard InChI is InChI=1S/C9H8Cl2O3S/c1-15(13,14)5-9(12)7-4-6(10)2-3-8(7)11/h2-4H,5H2,1H3. The van der Waals surface area contributed by atoms with Crippen molar-refractivity contribution in [1.29, 1.82) is 0 Å². The van der Waals surface area contributed by atoms with Crippen LogP contribution in [-0.4, -0.2) is 26.2 Å². The average Bonchev–Trinajstić information content (AvgIpc) is 2.06. The maximum absolute atomic E-state index is 11.5. The molecule has 0 bridgehead atoms. The Morgan fingerprint density at radius 1 is 1.33 bits per heavy atom. The van der Waals surface area contributed by atoms with Crippen LogP contribution in [0.2, 0.25) is 10.0 Å². The molecule has 15 heavy (non-hydrogen) atoms. The Labute approximate surface area is 97.9 Å². The molecule has 0 saturated heterocycles. The first kappa shape index (κ1) is 12.5. The summed E-state index contributed by atoms with van der Waals surface area (Å²) in [6.45, 7) is 0. The highest BCUT2D eigenvalue weighted by molar-refractivity contribution is 7.91. The quantitative estimate of drug-likeness (QED) is 0.789. The summed E-state index contributed by atoms with van der Waals surface area (Å²) in [6.07, 6.45) is 0.989. The van der Waals surface area contributed by atoms with Crippen LogP contribution >= 0.6 is 23.2 Å². The fourth-order valence-electron chi connectivity index (χ4n) is 1.03. The zero-order valence-corrected chi connectivity index (χ0v) is 10.2. The molecule has 0 fully saturated rings. The molecule has 0 N–H and O–H groups in total. The topological polar surface area (TPSA) is 51.2 Å². The van der Waals surface area contributed by atoms with Crippen LogP contribution in [0, 0.1) is 0 Å². The lowest BCUT2D eigenvalue weighted by molar-refractivity contribution is 0.102. The molecule has 1 rings (SSSR count). The monoisotopic (exact) mass is 266 g/mol. The smallest absolute Gasteiger partial charge is 0.179 e. The number of sulfone groups is 1. The minimum absolute atomic E-state index is 0.134. The van der Waals surface area contributed by atoms with E-state index < -0.39 is 21.4 Å². The van der Waals surface area contributed by atoms with E-state index in [1.807, 2.05) is 0 Å². The predicted molar refractivity (Wildman–Crippen MR) is 60.5 cm³/mol. The minimum atomic E-state index is -3.35. The number of halogens is 2. The van der Waals surface area contributed by atoms with E-state index in [9.17, 15) is 13.2 Å². The second-order valence-electron chi connectivity index (χ2n) is 3.12. The molecule has 0 saturated carbocycles. The summed E-state index contributed by atoms with van der Waals surface area (Å²) >= 11 is 11.4. The first-order valence-corrected chi connectivity index (χ1v) is 6.77. The SMILES string of the molecule is CS(=O)(=O)CC(=O)c1cc(Cl)ccc1Cl. The van der Waals surface area contributed by atoms with Crippen LogP contribution in [-0.2, 0) is 9.84 Å². The fourth-order valence-corrected chi connectivity index (χ4v) is 2.05. The third kappa shape index (κ3) is 3.81. The van der Waals surface area contributed by atoms with Gasteiger partial charge in [-0.1, -0.05) is 23.2 Å². The summed E-state index contributed by atoms with van der Waals surface area (Å²) in [6, 6.07) is 4.35. The first-order chi connectivity index (χ1) is 6.79. The Bertz CT molecular complexity index is 494. The van der Waals surface area contributed by atoms with Gasteiger partial charge in [0.2, 0.25) is 0 Å². The number of carbonyl (C=O) groups excluding carboxylic acids is 1. The fraction of sp³-hybridized carbons (Fsp3) is 0.222. The van der Waals surface area contributed by atoms with Gasteiger partial charge in [0.05, 0.1) is 5.02 Å². The Balaban J connectivity index is 3.06. The number of rotatable bonds is 3. The Morgan fingerprint density at radius 2 is 1.93 bits per heavy atom. The van der Waals surface area contributed by atoms with Gasteiger partial charge in [0, 0.05) is 16.8 Å². The van der Waals surface area contributed by atoms with Gasteiger partial charge < -0.3 is 0 Å². The molecule has 0 spiro atoms. The van der Waals surface area contributed by atoms with Crippen molar-refractivity contribution >= 4 is 38.8 Å². The van der Waals surface area contributed by atoms with E-state index in [2.05, 4.69) is 0 Å². The van der Waals surface area contributed by atoms with Gasteiger partial charge in [-0.3, -0.25) is 4.79 Å². The number of carbonyl (C=O) groups is 1. The van der Waals surface area contributed by atoms with Crippen molar-refractivity contribution < 1.29 is 13.2 Å². The van der Waals surface area contributed by atoms with E-state index in [1.54, 1.807) is 0 Å². The molecule has 6 heteroatoms. The first-order valence-electron chi connectivity index (χ1n) is 3.95. The molecule has 0 amide bonds. The summed E-state index contributed by atoms with van der Waals surface area (Å²) in [5.41, 5.74) is 0.134. The van der Waals surface area contributed by atoms with Gasteiger partial charge in [0.15, 0.2) is 15.6 Å². The highest BCUT2D eigenvalue weighted by atomic mass is 35.5. The van der Waals surface area contributed by atoms with Gasteiger partial charge in [-0.2, -0.15) is 0 Å². The number of hydrogen-bond donors (Lipinski definition) is 0. The van der Waals surface area contributed by atoms with E-state index in [-0.39, 0.29) is 10.6 Å². The van der Waals surface area contributed by atoms with Crippen molar-refractivity contribution in [2.75, 3.05) is 12.0 Å². The second-order valence-corrected chi connectivity index (χ2v) is 6.10. The van der Waals surface area contributed by atoms with Crippen LogP contribution in [0.25, 0.3) is 0 Å². The van der Waals surface area contributed by atoms with Crippen molar-refractivity contribution in [3.63, 3.8) is 0 Å². The normalized spacial score (nSPS) is 11.4. The number of Topliss-reactive ketones (excluding diaryl/α,β-unsaturated/α-hetero) is 1. The highest BCUT2D eigenvalue weighted by Crippen LogP contribution is 2.21. The van der Waals surface area contributed by atoms with Crippen molar-refractivity contribution in [1.82, 2.24) is 0 Å². The highest BCUT2D eigenvalue weighted by Gasteiger charge is 2.16. The Hall–Kier alpha value is -0.580. The maximum atomic E-state index is 11.5. The van der Waals surface area contributed by atoms with Crippen molar-refractivity contribution in [3.05, 3.63) is 33.8 Å². The summed E-state index contributed by atoms with van der Waals surface area (Å²) in [4.78, 5) is 11.5. The van der Waals surface area contributed by atoms with Crippen LogP contribution in [0.15, 0.2) is 18.2 Å². The zero-order chi connectivity index (χ0) is 11.6. The second kappa shape index (κ2) is 4.51. The van der Waals surface area contributed by atoms with Crippen LogP contribution < -0.4 is 0 Å². The molecule has 0 heterocycles. The molecule has 3 nitrogen and oxygen atoms in total. The molecule has 0 aliphatic rings. The summed E-state index contributed by atoms with van der Waals surface area (Å²) in [5, 5.41) is 0.546. The van der Waals surface area contributed by atoms with Crippen molar-refractivity contribution in [2.45, 2.75) is 0 Å². The third-order valence-electron chi connectivity index (χ3n) is 1.62. The summed E-state index contributed by atoms with van der Waals surface area (Å²) in [7, 11) is -3.35. The van der Waals surface area contributed by atoms with Gasteiger partial charge in [-0.05, 0) is 18.2 Å². The van der Waals surface area contributed by atoms with E-state index in [1.165, 1.54) is 18.2 Å². The summed E-state index contributed by atoms with van der Waals surface area (Å²) in [5.74, 6) is -1.11. The number of ketones is 1. The molecule has 0 unspecified atom stereocenters. The Morgan fingerprint density at radius 3 is 2.47 bits per heavy atom. The molecule has 1 aromatic rings. The number of benzene rings is 1. The van der Waals surface area contributed by atoms with E-state index in [0.29, 0.717) is 5.02 Å². The lowest BCUT2D eigenvalue weighted by Gasteiger charge is -2.02. The lowest BCUT2D eigenvalue weighted by atomic mass is 10.1. The van der Waals surface area contributed by atoms with E-state index in [0.717, 1.165) is 6.26 Å². The molecule has 82 valence electrons. The van der Waals surface area contributed by atoms with Gasteiger partial charge >= 0.3 is 0 Å². The largest absolute Gasteiger partial charge is 0.293 e. The van der Waals surface area contributed by atoms with Gasteiger partial charge in [-0.25, -0.2) is 8.42 Å². The van der Waals surface area contributed by atoms with Crippen LogP contribution in [0.5, 0.6) is 0 Å². The molecule has 0 atom stereocenters. The Kier molecular flexibility index (Phi) is 3.76. The summed E-state index contributed by atoms with van der Waals surface area (Å²) < 4.78 is 21.8. The molecule has 0 aliphatic carbocycles. The third-order valence-corrected chi connectivity index (χ3v) is 2.97. The lowest BCUT2D eigenvalue weighted by Crippen LogP contribution is -2.14. The molecule has 0 aliphatic heterocycles. The molecule has 0 radical (unpaired) electrons. The minimum Gasteiger partial charge on any atom is -0.293 e. The molecule has 0 aromatic heterocycles. The van der Waals surface area contributed by atoms with Gasteiger partial charge in [-0.15, -0.1) is 0 Å². The predicted octanol–water partition coefficient (Wildman–Crippen LogP) is 2.22. The van der Waals surface area contributed by atoms with Crippen LogP contribution in [0.1, 0.15) is 10.4 Å². The van der Waals surface area contributed by atoms with Crippen molar-refractivity contribution in [3.8, 4) is 0 Å².